The second-order valence-corrected chi connectivity index (χ2v) is 6.72. The number of aromatic nitrogens is 1. The van der Waals surface area contributed by atoms with Crippen molar-refractivity contribution in [1.82, 2.24) is 9.88 Å². The molecule has 2 heterocycles. The molecule has 0 aliphatic carbocycles. The lowest BCUT2D eigenvalue weighted by molar-refractivity contribution is -0.0611. The zero-order valence-corrected chi connectivity index (χ0v) is 13.1. The first-order valence-electron chi connectivity index (χ1n) is 6.98. The van der Waals surface area contributed by atoms with Crippen molar-refractivity contribution in [1.29, 1.82) is 0 Å². The number of nitrogens with zero attached hydrogens (tertiary/aromatic N) is 2. The first-order chi connectivity index (χ1) is 9.54. The van der Waals surface area contributed by atoms with Crippen molar-refractivity contribution in [2.24, 2.45) is 5.92 Å². The largest absolute Gasteiger partial charge is 0.459 e. The fourth-order valence-electron chi connectivity index (χ4n) is 2.26. The number of carbonyl (C=O) groups is 1. The smallest absolute Gasteiger partial charge is 0.350 e. The zero-order valence-electron chi connectivity index (χ0n) is 12.3. The molecule has 5 nitrogen and oxygen atoms in total. The van der Waals surface area contributed by atoms with Gasteiger partial charge in [0.1, 0.15) is 17.6 Å². The van der Waals surface area contributed by atoms with Crippen LogP contribution in [0, 0.1) is 12.8 Å². The van der Waals surface area contributed by atoms with Gasteiger partial charge in [0.15, 0.2) is 0 Å². The maximum absolute atomic E-state index is 11.8. The van der Waals surface area contributed by atoms with E-state index in [0.29, 0.717) is 24.0 Å². The van der Waals surface area contributed by atoms with Crippen molar-refractivity contribution in [3.8, 4) is 0 Å². The summed E-state index contributed by atoms with van der Waals surface area (Å²) in [7, 11) is 0. The quantitative estimate of drug-likeness (QED) is 0.778. The van der Waals surface area contributed by atoms with E-state index in [1.807, 2.05) is 6.92 Å². The Kier molecular flexibility index (Phi) is 5.51. The minimum atomic E-state index is -0.305. The molecule has 112 valence electrons. The highest BCUT2D eigenvalue weighted by Gasteiger charge is 2.22. The maximum Gasteiger partial charge on any atom is 0.350 e. The molecule has 0 spiro atoms. The predicted octanol–water partition coefficient (Wildman–Crippen LogP) is 1.97. The number of rotatable bonds is 5. The Hall–Kier alpha value is -0.980. The van der Waals surface area contributed by atoms with Crippen LogP contribution in [0.15, 0.2) is 6.20 Å². The third kappa shape index (κ3) is 4.54. The Morgan fingerprint density at radius 2 is 2.45 bits per heavy atom. The molecule has 6 heteroatoms. The van der Waals surface area contributed by atoms with E-state index in [4.69, 9.17) is 9.47 Å². The monoisotopic (exact) mass is 298 g/mol. The van der Waals surface area contributed by atoms with Gasteiger partial charge < -0.3 is 9.47 Å². The molecule has 1 aliphatic rings. The molecule has 1 aliphatic heterocycles. The van der Waals surface area contributed by atoms with E-state index in [0.717, 1.165) is 24.6 Å². The molecule has 1 atom stereocenters. The highest BCUT2D eigenvalue weighted by Crippen LogP contribution is 2.14. The summed E-state index contributed by atoms with van der Waals surface area (Å²) < 4.78 is 11.0. The minimum Gasteiger partial charge on any atom is -0.459 e. The topological polar surface area (TPSA) is 51.7 Å². The second-order valence-electron chi connectivity index (χ2n) is 5.49. The number of carbonyl (C=O) groups excluding carboxylic acids is 1. The Bertz CT molecular complexity index is 447. The van der Waals surface area contributed by atoms with Crippen LogP contribution in [0.5, 0.6) is 0 Å². The van der Waals surface area contributed by atoms with Crippen LogP contribution in [0.25, 0.3) is 0 Å². The normalized spacial score (nSPS) is 20.3. The van der Waals surface area contributed by atoms with Gasteiger partial charge in [-0.15, -0.1) is 11.3 Å². The van der Waals surface area contributed by atoms with Gasteiger partial charge in [0.2, 0.25) is 0 Å². The summed E-state index contributed by atoms with van der Waals surface area (Å²) in [5.41, 5.74) is 0. The summed E-state index contributed by atoms with van der Waals surface area (Å²) in [6.07, 6.45) is 1.54. The van der Waals surface area contributed by atoms with E-state index in [1.54, 1.807) is 6.20 Å². The van der Waals surface area contributed by atoms with Crippen LogP contribution in [0.3, 0.4) is 0 Å². The molecular weight excluding hydrogens is 276 g/mol. The predicted molar refractivity (Wildman–Crippen MR) is 78.2 cm³/mol. The molecule has 1 unspecified atom stereocenters. The molecule has 0 saturated carbocycles. The number of thiazole rings is 1. The molecular formula is C14H22N2O3S. The van der Waals surface area contributed by atoms with Crippen LogP contribution in [0.2, 0.25) is 0 Å². The van der Waals surface area contributed by atoms with Crippen LogP contribution in [-0.4, -0.2) is 54.8 Å². The van der Waals surface area contributed by atoms with Gasteiger partial charge in [-0.05, 0) is 12.8 Å². The van der Waals surface area contributed by atoms with Gasteiger partial charge in [-0.2, -0.15) is 0 Å². The summed E-state index contributed by atoms with van der Waals surface area (Å²) in [5.74, 6) is 0.330. The second kappa shape index (κ2) is 7.15. The number of esters is 1. The highest BCUT2D eigenvalue weighted by atomic mass is 32.1. The van der Waals surface area contributed by atoms with Crippen molar-refractivity contribution in [2.45, 2.75) is 26.9 Å². The van der Waals surface area contributed by atoms with Crippen molar-refractivity contribution >= 4 is 17.3 Å². The molecule has 1 aromatic rings. The Labute approximate surface area is 123 Å². The fourth-order valence-corrected chi connectivity index (χ4v) is 2.93. The molecule has 0 N–H and O–H groups in total. The number of ether oxygens (including phenoxy) is 2. The number of hydrogen-bond donors (Lipinski definition) is 0. The van der Waals surface area contributed by atoms with Crippen LogP contribution in [0.1, 0.15) is 28.5 Å². The summed E-state index contributed by atoms with van der Waals surface area (Å²) in [6, 6.07) is 0. The van der Waals surface area contributed by atoms with Crippen molar-refractivity contribution in [2.75, 3.05) is 32.8 Å². The van der Waals surface area contributed by atoms with Crippen LogP contribution >= 0.6 is 11.3 Å². The molecule has 1 fully saturated rings. The number of morpholine rings is 1. The first kappa shape index (κ1) is 15.4. The SMILES string of the molecule is Cc1ncc(C(=O)OCC2CN(CC(C)C)CCO2)s1. The summed E-state index contributed by atoms with van der Waals surface area (Å²) >= 11 is 1.35. The molecule has 1 saturated heterocycles. The van der Waals surface area contributed by atoms with Crippen molar-refractivity contribution < 1.29 is 14.3 Å². The number of hydrogen-bond acceptors (Lipinski definition) is 6. The number of aryl methyl sites for hydroxylation is 1. The minimum absolute atomic E-state index is 0.0273. The molecule has 0 amide bonds. The van der Waals surface area contributed by atoms with E-state index in [-0.39, 0.29) is 12.1 Å². The van der Waals surface area contributed by atoms with Gasteiger partial charge >= 0.3 is 5.97 Å². The van der Waals surface area contributed by atoms with E-state index in [1.165, 1.54) is 11.3 Å². The van der Waals surface area contributed by atoms with Crippen LogP contribution < -0.4 is 0 Å². The third-order valence-electron chi connectivity index (χ3n) is 3.07. The third-order valence-corrected chi connectivity index (χ3v) is 3.96. The molecule has 2 rings (SSSR count). The molecule has 20 heavy (non-hydrogen) atoms. The van der Waals surface area contributed by atoms with Gasteiger partial charge in [-0.3, -0.25) is 4.90 Å². The van der Waals surface area contributed by atoms with Gasteiger partial charge in [0.25, 0.3) is 0 Å². The lowest BCUT2D eigenvalue weighted by Gasteiger charge is -2.33. The molecule has 1 aromatic heterocycles. The van der Waals surface area contributed by atoms with Gasteiger partial charge in [-0.25, -0.2) is 9.78 Å². The Balaban J connectivity index is 1.77. The Morgan fingerprint density at radius 3 is 3.10 bits per heavy atom. The van der Waals surface area contributed by atoms with Crippen LogP contribution in [0.4, 0.5) is 0 Å². The summed E-state index contributed by atoms with van der Waals surface area (Å²) in [4.78, 5) is 18.8. The maximum atomic E-state index is 11.8. The van der Waals surface area contributed by atoms with Gasteiger partial charge in [0.05, 0.1) is 17.8 Å². The van der Waals surface area contributed by atoms with E-state index < -0.39 is 0 Å². The van der Waals surface area contributed by atoms with Gasteiger partial charge in [0, 0.05) is 19.6 Å². The molecule has 0 aromatic carbocycles. The summed E-state index contributed by atoms with van der Waals surface area (Å²) in [5, 5.41) is 0.869. The Morgan fingerprint density at radius 1 is 1.65 bits per heavy atom. The lowest BCUT2D eigenvalue weighted by Crippen LogP contribution is -2.45. The van der Waals surface area contributed by atoms with Crippen molar-refractivity contribution in [3.63, 3.8) is 0 Å². The van der Waals surface area contributed by atoms with Crippen LogP contribution in [-0.2, 0) is 9.47 Å². The average Bonchev–Trinajstić information content (AvgIpc) is 2.82. The van der Waals surface area contributed by atoms with Gasteiger partial charge in [-0.1, -0.05) is 13.8 Å². The zero-order chi connectivity index (χ0) is 14.5. The van der Waals surface area contributed by atoms with Crippen molar-refractivity contribution in [3.05, 3.63) is 16.1 Å². The van der Waals surface area contributed by atoms with E-state index >= 15 is 0 Å². The first-order valence-corrected chi connectivity index (χ1v) is 7.79. The standard InChI is InChI=1S/C14H22N2O3S/c1-10(2)7-16-4-5-18-12(8-16)9-19-14(17)13-6-15-11(3)20-13/h6,10,12H,4-5,7-9H2,1-3H3. The van der Waals surface area contributed by atoms with E-state index in [9.17, 15) is 4.79 Å². The summed E-state index contributed by atoms with van der Waals surface area (Å²) in [6.45, 7) is 10.1. The van der Waals surface area contributed by atoms with E-state index in [2.05, 4.69) is 23.7 Å². The molecule has 0 radical (unpaired) electrons. The lowest BCUT2D eigenvalue weighted by atomic mass is 10.2. The average molecular weight is 298 g/mol. The molecule has 0 bridgehead atoms. The fraction of sp³-hybridized carbons (Fsp3) is 0.714. The highest BCUT2D eigenvalue weighted by molar-refractivity contribution is 7.13.